The van der Waals surface area contributed by atoms with Crippen molar-refractivity contribution in [1.29, 1.82) is 0 Å². The van der Waals surface area contributed by atoms with Gasteiger partial charge in [-0.3, -0.25) is 0 Å². The second kappa shape index (κ2) is 6.85. The fourth-order valence-electron chi connectivity index (χ4n) is 2.38. The largest absolute Gasteiger partial charge is 0.496 e. The first-order valence-electron chi connectivity index (χ1n) is 6.66. The van der Waals surface area contributed by atoms with Crippen LogP contribution in [0.1, 0.15) is 24.0 Å². The number of halogens is 1. The van der Waals surface area contributed by atoms with E-state index in [1.807, 2.05) is 24.3 Å². The standard InChI is InChI=1S/C17H19BrO3/c1-11(12-5-7-13(18)8-6-12)17-15(20-3)9-14(19-2)10-16(17)21-4/h5-11H,1-4H3. The molecule has 0 spiro atoms. The lowest BCUT2D eigenvalue weighted by atomic mass is 9.91. The lowest BCUT2D eigenvalue weighted by Crippen LogP contribution is -2.03. The Morgan fingerprint density at radius 2 is 1.38 bits per heavy atom. The number of hydrogen-bond acceptors (Lipinski definition) is 3. The third-order valence-corrected chi connectivity index (χ3v) is 4.08. The molecule has 0 aliphatic heterocycles. The van der Waals surface area contributed by atoms with Crippen LogP contribution in [0.5, 0.6) is 17.2 Å². The fourth-order valence-corrected chi connectivity index (χ4v) is 2.64. The number of ether oxygens (including phenoxy) is 3. The molecule has 2 rings (SSSR count). The van der Waals surface area contributed by atoms with E-state index in [0.717, 1.165) is 27.3 Å². The first-order chi connectivity index (χ1) is 10.1. The molecule has 21 heavy (non-hydrogen) atoms. The van der Waals surface area contributed by atoms with Crippen LogP contribution in [0, 0.1) is 0 Å². The van der Waals surface area contributed by atoms with Gasteiger partial charge in [0, 0.05) is 28.1 Å². The van der Waals surface area contributed by atoms with Gasteiger partial charge in [-0.25, -0.2) is 0 Å². The lowest BCUT2D eigenvalue weighted by Gasteiger charge is -2.20. The number of rotatable bonds is 5. The Bertz CT molecular complexity index is 583. The molecule has 3 nitrogen and oxygen atoms in total. The average molecular weight is 351 g/mol. The van der Waals surface area contributed by atoms with Gasteiger partial charge in [0.25, 0.3) is 0 Å². The van der Waals surface area contributed by atoms with Crippen molar-refractivity contribution in [2.24, 2.45) is 0 Å². The van der Waals surface area contributed by atoms with Crippen LogP contribution < -0.4 is 14.2 Å². The molecular formula is C17H19BrO3. The van der Waals surface area contributed by atoms with E-state index in [1.54, 1.807) is 21.3 Å². The average Bonchev–Trinajstić information content (AvgIpc) is 2.53. The van der Waals surface area contributed by atoms with E-state index in [1.165, 1.54) is 5.56 Å². The predicted molar refractivity (Wildman–Crippen MR) is 87.8 cm³/mol. The zero-order chi connectivity index (χ0) is 15.4. The van der Waals surface area contributed by atoms with Crippen molar-refractivity contribution < 1.29 is 14.2 Å². The summed E-state index contributed by atoms with van der Waals surface area (Å²) in [6, 6.07) is 12.0. The van der Waals surface area contributed by atoms with Gasteiger partial charge in [0.2, 0.25) is 0 Å². The van der Waals surface area contributed by atoms with Crippen LogP contribution in [0.2, 0.25) is 0 Å². The highest BCUT2D eigenvalue weighted by molar-refractivity contribution is 9.10. The predicted octanol–water partition coefficient (Wildman–Crippen LogP) is 4.63. The summed E-state index contributed by atoms with van der Waals surface area (Å²) in [5.41, 5.74) is 2.21. The van der Waals surface area contributed by atoms with E-state index in [-0.39, 0.29) is 5.92 Å². The summed E-state index contributed by atoms with van der Waals surface area (Å²) in [5, 5.41) is 0. The second-order valence-corrected chi connectivity index (χ2v) is 5.63. The second-order valence-electron chi connectivity index (χ2n) is 4.72. The number of benzene rings is 2. The van der Waals surface area contributed by atoms with Crippen LogP contribution in [0.25, 0.3) is 0 Å². The molecule has 0 aromatic heterocycles. The highest BCUT2D eigenvalue weighted by atomic mass is 79.9. The molecule has 1 unspecified atom stereocenters. The molecular weight excluding hydrogens is 332 g/mol. The van der Waals surface area contributed by atoms with Gasteiger partial charge in [-0.15, -0.1) is 0 Å². The fraction of sp³-hybridized carbons (Fsp3) is 0.294. The maximum Gasteiger partial charge on any atom is 0.130 e. The minimum atomic E-state index is 0.147. The van der Waals surface area contributed by atoms with Crippen molar-refractivity contribution >= 4 is 15.9 Å². The van der Waals surface area contributed by atoms with Gasteiger partial charge in [0.15, 0.2) is 0 Å². The van der Waals surface area contributed by atoms with Gasteiger partial charge in [0.1, 0.15) is 17.2 Å². The Balaban J connectivity index is 2.52. The zero-order valence-corrected chi connectivity index (χ0v) is 14.2. The molecule has 0 bridgehead atoms. The van der Waals surface area contributed by atoms with Crippen LogP contribution in [-0.2, 0) is 0 Å². The minimum absolute atomic E-state index is 0.147. The van der Waals surface area contributed by atoms with Crippen LogP contribution in [-0.4, -0.2) is 21.3 Å². The molecule has 1 atom stereocenters. The van der Waals surface area contributed by atoms with Crippen LogP contribution in [0.4, 0.5) is 0 Å². The maximum absolute atomic E-state index is 5.53. The van der Waals surface area contributed by atoms with Crippen molar-refractivity contribution in [3.63, 3.8) is 0 Å². The van der Waals surface area contributed by atoms with Crippen molar-refractivity contribution in [3.8, 4) is 17.2 Å². The highest BCUT2D eigenvalue weighted by Gasteiger charge is 2.20. The van der Waals surface area contributed by atoms with E-state index in [2.05, 4.69) is 35.0 Å². The molecule has 112 valence electrons. The SMILES string of the molecule is COc1cc(OC)c(C(C)c2ccc(Br)cc2)c(OC)c1. The topological polar surface area (TPSA) is 27.7 Å². The minimum Gasteiger partial charge on any atom is -0.496 e. The Morgan fingerprint density at radius 1 is 0.857 bits per heavy atom. The molecule has 0 fully saturated rings. The van der Waals surface area contributed by atoms with E-state index < -0.39 is 0 Å². The summed E-state index contributed by atoms with van der Waals surface area (Å²) < 4.78 is 17.4. The molecule has 0 radical (unpaired) electrons. The Labute approximate surface area is 134 Å². The zero-order valence-electron chi connectivity index (χ0n) is 12.6. The van der Waals surface area contributed by atoms with Crippen molar-refractivity contribution in [1.82, 2.24) is 0 Å². The summed E-state index contributed by atoms with van der Waals surface area (Å²) in [6.07, 6.45) is 0. The molecule has 0 saturated heterocycles. The number of methoxy groups -OCH3 is 3. The Morgan fingerprint density at radius 3 is 1.81 bits per heavy atom. The quantitative estimate of drug-likeness (QED) is 0.786. The molecule has 0 N–H and O–H groups in total. The third-order valence-electron chi connectivity index (χ3n) is 3.56. The van der Waals surface area contributed by atoms with Gasteiger partial charge in [-0.05, 0) is 17.7 Å². The van der Waals surface area contributed by atoms with E-state index in [9.17, 15) is 0 Å². The molecule has 4 heteroatoms. The summed E-state index contributed by atoms with van der Waals surface area (Å²) >= 11 is 3.46. The van der Waals surface area contributed by atoms with E-state index >= 15 is 0 Å². The van der Waals surface area contributed by atoms with E-state index in [4.69, 9.17) is 14.2 Å². The Kier molecular flexibility index (Phi) is 5.12. The molecule has 0 heterocycles. The van der Waals surface area contributed by atoms with Crippen molar-refractivity contribution in [2.45, 2.75) is 12.8 Å². The van der Waals surface area contributed by atoms with Crippen LogP contribution >= 0.6 is 15.9 Å². The Hall–Kier alpha value is -1.68. The molecule has 2 aromatic carbocycles. The van der Waals surface area contributed by atoms with Crippen LogP contribution in [0.15, 0.2) is 40.9 Å². The highest BCUT2D eigenvalue weighted by Crippen LogP contribution is 2.41. The summed E-state index contributed by atoms with van der Waals surface area (Å²) in [4.78, 5) is 0. The van der Waals surface area contributed by atoms with Gasteiger partial charge in [-0.2, -0.15) is 0 Å². The first-order valence-corrected chi connectivity index (χ1v) is 7.45. The summed E-state index contributed by atoms with van der Waals surface area (Å²) in [5.74, 6) is 2.40. The molecule has 2 aromatic rings. The molecule has 0 aliphatic rings. The summed E-state index contributed by atoms with van der Waals surface area (Å²) in [7, 11) is 4.95. The first kappa shape index (κ1) is 15.7. The number of hydrogen-bond donors (Lipinski definition) is 0. The van der Waals surface area contributed by atoms with Crippen molar-refractivity contribution in [2.75, 3.05) is 21.3 Å². The van der Waals surface area contributed by atoms with Gasteiger partial charge in [0.05, 0.1) is 21.3 Å². The monoisotopic (exact) mass is 350 g/mol. The van der Waals surface area contributed by atoms with Gasteiger partial charge >= 0.3 is 0 Å². The smallest absolute Gasteiger partial charge is 0.130 e. The van der Waals surface area contributed by atoms with Gasteiger partial charge in [-0.1, -0.05) is 35.0 Å². The maximum atomic E-state index is 5.53. The summed E-state index contributed by atoms with van der Waals surface area (Å²) in [6.45, 7) is 2.14. The molecule has 0 aliphatic carbocycles. The normalized spacial score (nSPS) is 11.9. The van der Waals surface area contributed by atoms with Crippen molar-refractivity contribution in [3.05, 3.63) is 52.0 Å². The van der Waals surface area contributed by atoms with Crippen LogP contribution in [0.3, 0.4) is 0 Å². The molecule has 0 saturated carbocycles. The van der Waals surface area contributed by atoms with Gasteiger partial charge < -0.3 is 14.2 Å². The molecule has 0 amide bonds. The lowest BCUT2D eigenvalue weighted by molar-refractivity contribution is 0.367. The third kappa shape index (κ3) is 3.32. The van der Waals surface area contributed by atoms with E-state index in [0.29, 0.717) is 0 Å².